The van der Waals surface area contributed by atoms with E-state index in [1.54, 1.807) is 0 Å². The van der Waals surface area contributed by atoms with Gasteiger partial charge in [-0.2, -0.15) is 0 Å². The maximum absolute atomic E-state index is 2.50. The van der Waals surface area contributed by atoms with E-state index in [9.17, 15) is 0 Å². The van der Waals surface area contributed by atoms with Crippen molar-refractivity contribution in [3.8, 4) is 0 Å². The van der Waals surface area contributed by atoms with E-state index in [-0.39, 0.29) is 0 Å². The molecular weight excluding hydrogens is 252 g/mol. The molecule has 0 nitrogen and oxygen atoms in total. The van der Waals surface area contributed by atoms with Gasteiger partial charge < -0.3 is 0 Å². The van der Waals surface area contributed by atoms with Gasteiger partial charge in [0.2, 0.25) is 0 Å². The van der Waals surface area contributed by atoms with Gasteiger partial charge in [-0.15, -0.1) is 0 Å². The maximum Gasteiger partial charge on any atom is -0.0234 e. The summed E-state index contributed by atoms with van der Waals surface area (Å²) in [6, 6.07) is 0. The second kappa shape index (κ2) is 4.09. The molecule has 4 rings (SSSR count). The second-order valence-electron chi connectivity index (χ2n) is 8.98. The molecule has 4 aliphatic carbocycles. The van der Waals surface area contributed by atoms with Crippen molar-refractivity contribution in [3.05, 3.63) is 0 Å². The Morgan fingerprint density at radius 3 is 0.619 bits per heavy atom. The lowest BCUT2D eigenvalue weighted by Crippen LogP contribution is -2.08. The summed E-state index contributed by atoms with van der Waals surface area (Å²) < 4.78 is 0. The van der Waals surface area contributed by atoms with Crippen molar-refractivity contribution >= 4 is 0 Å². The van der Waals surface area contributed by atoms with Crippen molar-refractivity contribution in [1.82, 2.24) is 0 Å². The molecule has 21 heavy (non-hydrogen) atoms. The molecule has 4 aliphatic rings. The van der Waals surface area contributed by atoms with E-state index in [0.717, 1.165) is 51.8 Å². The van der Waals surface area contributed by atoms with E-state index in [4.69, 9.17) is 0 Å². The van der Waals surface area contributed by atoms with E-state index in [0.29, 0.717) is 0 Å². The quantitative estimate of drug-likeness (QED) is 0.549. The smallest absolute Gasteiger partial charge is 0.0234 e. The Morgan fingerprint density at radius 2 is 0.524 bits per heavy atom. The highest BCUT2D eigenvalue weighted by Crippen LogP contribution is 2.95. The largest absolute Gasteiger partial charge is 0.0648 e. The average molecular weight is 289 g/mol. The fourth-order valence-electron chi connectivity index (χ4n) is 8.73. The number of rotatable bonds is 6. The highest BCUT2D eigenvalue weighted by atomic mass is 14.9. The molecule has 0 amide bonds. The van der Waals surface area contributed by atoms with Crippen LogP contribution in [0, 0.1) is 51.8 Å². The van der Waals surface area contributed by atoms with E-state index < -0.39 is 0 Å². The van der Waals surface area contributed by atoms with Crippen LogP contribution in [0.5, 0.6) is 0 Å². The summed E-state index contributed by atoms with van der Waals surface area (Å²) in [7, 11) is 0. The zero-order valence-electron chi connectivity index (χ0n) is 15.2. The lowest BCUT2D eigenvalue weighted by molar-refractivity contribution is 0.331. The van der Waals surface area contributed by atoms with Crippen LogP contribution in [-0.2, 0) is 0 Å². The average Bonchev–Trinajstić information content (AvgIpc) is 3.42. The summed E-state index contributed by atoms with van der Waals surface area (Å²) in [5.74, 6) is 6.74. The number of hydrogen-bond donors (Lipinski definition) is 0. The summed E-state index contributed by atoms with van der Waals surface area (Å²) in [5.41, 5.74) is 2.29. The van der Waals surface area contributed by atoms with Gasteiger partial charge in [0.1, 0.15) is 0 Å². The maximum atomic E-state index is 2.50. The molecule has 0 aliphatic heterocycles. The first-order valence-electron chi connectivity index (χ1n) is 10.1. The first-order valence-corrected chi connectivity index (χ1v) is 10.1. The van der Waals surface area contributed by atoms with Crippen molar-refractivity contribution in [2.45, 2.75) is 80.1 Å². The van der Waals surface area contributed by atoms with E-state index in [1.165, 1.54) is 38.5 Å². The van der Waals surface area contributed by atoms with E-state index >= 15 is 0 Å². The summed E-state index contributed by atoms with van der Waals surface area (Å²) in [4.78, 5) is 0. The third-order valence-corrected chi connectivity index (χ3v) is 9.93. The molecule has 0 atom stereocenters. The van der Waals surface area contributed by atoms with Crippen molar-refractivity contribution in [2.24, 2.45) is 51.8 Å². The van der Waals surface area contributed by atoms with E-state index in [1.807, 2.05) is 0 Å². The third kappa shape index (κ3) is 1.25. The highest BCUT2D eigenvalue weighted by molar-refractivity contribution is 5.38. The van der Waals surface area contributed by atoms with Gasteiger partial charge in [-0.25, -0.2) is 0 Å². The Balaban J connectivity index is 1.76. The zero-order chi connectivity index (χ0) is 15.2. The van der Waals surface area contributed by atoms with Crippen LogP contribution in [0.15, 0.2) is 0 Å². The van der Waals surface area contributed by atoms with Gasteiger partial charge in [0.05, 0.1) is 0 Å². The van der Waals surface area contributed by atoms with Gasteiger partial charge in [0.25, 0.3) is 0 Å². The molecule has 0 aromatic carbocycles. The van der Waals surface area contributed by atoms with Crippen LogP contribution in [-0.4, -0.2) is 0 Å². The van der Waals surface area contributed by atoms with Crippen LogP contribution in [0.3, 0.4) is 0 Å². The van der Waals surface area contributed by atoms with Crippen LogP contribution in [0.25, 0.3) is 0 Å². The van der Waals surface area contributed by atoms with Crippen LogP contribution < -0.4 is 0 Å². The third-order valence-electron chi connectivity index (χ3n) is 9.93. The molecule has 4 fully saturated rings. The Labute approximate surface area is 132 Å². The Bertz CT molecular complexity index is 326. The molecule has 0 saturated heterocycles. The topological polar surface area (TPSA) is 0 Å². The van der Waals surface area contributed by atoms with Crippen LogP contribution in [0.1, 0.15) is 80.1 Å². The zero-order valence-corrected chi connectivity index (χ0v) is 15.2. The Kier molecular flexibility index (Phi) is 2.84. The monoisotopic (exact) mass is 288 g/mol. The highest BCUT2D eigenvalue weighted by Gasteiger charge is 2.91. The van der Waals surface area contributed by atoms with Crippen molar-refractivity contribution in [2.75, 3.05) is 0 Å². The minimum Gasteiger partial charge on any atom is -0.0648 e. The Hall–Kier alpha value is 0. The molecule has 0 aromatic rings. The molecule has 0 N–H and O–H groups in total. The van der Waals surface area contributed by atoms with Crippen LogP contribution in [0.4, 0.5) is 0 Å². The predicted octanol–water partition coefficient (Wildman–Crippen LogP) is 6.16. The van der Waals surface area contributed by atoms with Crippen molar-refractivity contribution in [1.29, 1.82) is 0 Å². The van der Waals surface area contributed by atoms with Gasteiger partial charge >= 0.3 is 0 Å². The standard InChI is InChI=1S/C21H36/c1-7-19(8-2)13-14(19)16-18(21(16,11-5)12-6)17-15(13)20(17,9-3)10-4/h13-18H,7-12H2,1-6H3. The van der Waals surface area contributed by atoms with Crippen LogP contribution in [0.2, 0.25) is 0 Å². The second-order valence-corrected chi connectivity index (χ2v) is 8.98. The number of fused-ring (bicyclic) bond motifs is 6. The summed E-state index contributed by atoms with van der Waals surface area (Å²) >= 11 is 0. The molecule has 0 radical (unpaired) electrons. The van der Waals surface area contributed by atoms with Gasteiger partial charge in [0.15, 0.2) is 0 Å². The molecule has 0 heterocycles. The summed E-state index contributed by atoms with van der Waals surface area (Å²) in [6.45, 7) is 15.0. The van der Waals surface area contributed by atoms with Gasteiger partial charge in [-0.1, -0.05) is 41.5 Å². The molecule has 0 spiro atoms. The van der Waals surface area contributed by atoms with Crippen molar-refractivity contribution < 1.29 is 0 Å². The van der Waals surface area contributed by atoms with Gasteiger partial charge in [-0.3, -0.25) is 0 Å². The fourth-order valence-corrected chi connectivity index (χ4v) is 8.73. The minimum atomic E-state index is 0.764. The van der Waals surface area contributed by atoms with Gasteiger partial charge in [-0.05, 0) is 90.3 Å². The van der Waals surface area contributed by atoms with Crippen molar-refractivity contribution in [3.63, 3.8) is 0 Å². The molecule has 0 aromatic heterocycles. The van der Waals surface area contributed by atoms with E-state index in [2.05, 4.69) is 41.5 Å². The fraction of sp³-hybridized carbons (Fsp3) is 1.00. The van der Waals surface area contributed by atoms with Crippen LogP contribution >= 0.6 is 0 Å². The first kappa shape index (κ1) is 14.6. The summed E-state index contributed by atoms with van der Waals surface area (Å²) in [5, 5.41) is 0. The molecule has 120 valence electrons. The SMILES string of the molecule is CCC1(CC)C2C3C(C4C(C21)C4(CC)CC)C3(CC)CC. The van der Waals surface area contributed by atoms with Gasteiger partial charge in [0, 0.05) is 0 Å². The first-order chi connectivity index (χ1) is 10.1. The predicted molar refractivity (Wildman–Crippen MR) is 90.0 cm³/mol. The lowest BCUT2D eigenvalue weighted by Gasteiger charge is -2.16. The minimum absolute atomic E-state index is 0.764. The molecular formula is C21H36. The molecule has 4 saturated carbocycles. The lowest BCUT2D eigenvalue weighted by atomic mass is 9.88. The molecule has 0 heteroatoms. The number of hydrogen-bond acceptors (Lipinski definition) is 0. The summed E-state index contributed by atoms with van der Waals surface area (Å²) in [6.07, 6.45) is 8.74. The Morgan fingerprint density at radius 1 is 0.381 bits per heavy atom. The molecule has 0 bridgehead atoms. The normalized spacial score (nSPS) is 48.9. The molecule has 0 unspecified atom stereocenters.